The largest absolute Gasteiger partial charge is 0.493 e. The first-order valence-electron chi connectivity index (χ1n) is 13.0. The Balaban J connectivity index is 1.33. The number of aliphatic carboxylic acids is 1. The molecule has 8 nitrogen and oxygen atoms in total. The number of ether oxygens (including phenoxy) is 1. The predicted molar refractivity (Wildman–Crippen MR) is 145 cm³/mol. The highest BCUT2D eigenvalue weighted by molar-refractivity contribution is 5.94. The number of aryl methyl sites for hydroxylation is 2. The number of fused-ring (bicyclic) bond motifs is 2. The highest BCUT2D eigenvalue weighted by atomic mass is 16.5. The highest BCUT2D eigenvalue weighted by Gasteiger charge is 2.22. The minimum absolute atomic E-state index is 0.140. The molecule has 2 heterocycles. The van der Waals surface area contributed by atoms with Crippen LogP contribution in [-0.4, -0.2) is 57.3 Å². The summed E-state index contributed by atoms with van der Waals surface area (Å²) in [6.07, 6.45) is 6.92. The third-order valence-electron chi connectivity index (χ3n) is 7.02. The number of carboxylic acids is 1. The first-order chi connectivity index (χ1) is 18.4. The van der Waals surface area contributed by atoms with Crippen LogP contribution < -0.4 is 4.74 Å². The van der Waals surface area contributed by atoms with Gasteiger partial charge in [-0.15, -0.1) is 0 Å². The lowest BCUT2D eigenvalue weighted by atomic mass is 9.96. The van der Waals surface area contributed by atoms with Gasteiger partial charge in [0.25, 0.3) is 5.91 Å². The maximum atomic E-state index is 12.5. The molecule has 5 rings (SSSR count). The van der Waals surface area contributed by atoms with Crippen LogP contribution in [0.15, 0.2) is 60.8 Å². The molecule has 1 aliphatic carbocycles. The SMILES string of the molecule is CN(C)C(=O)c1cccc(C(CC(=O)O)n2ncc3cc(OCCc4ccc5c(n4)CCCC5)ccc32)c1. The third-order valence-corrected chi connectivity index (χ3v) is 7.02. The molecular weight excluding hydrogens is 480 g/mol. The number of hydrogen-bond acceptors (Lipinski definition) is 5. The quantitative estimate of drug-likeness (QED) is 0.349. The standard InChI is InChI=1S/C30H32N4O4/c1-33(2)30(37)22-8-5-7-21(16-22)28(18-29(35)36)34-27-13-12-25(17-23(27)19-31-34)38-15-14-24-11-10-20-6-3-4-9-26(20)32-24/h5,7-8,10-13,16-17,19,28H,3-4,6,9,14-15,18H2,1-2H3,(H,35,36). The summed E-state index contributed by atoms with van der Waals surface area (Å²) in [6.45, 7) is 0.514. The van der Waals surface area contributed by atoms with E-state index in [1.807, 2.05) is 24.3 Å². The molecule has 2 aromatic carbocycles. The Hall–Kier alpha value is -4.20. The van der Waals surface area contributed by atoms with Gasteiger partial charge in [-0.05, 0) is 73.2 Å². The molecule has 38 heavy (non-hydrogen) atoms. The second-order valence-corrected chi connectivity index (χ2v) is 9.96. The number of hydrogen-bond donors (Lipinski definition) is 1. The van der Waals surface area contributed by atoms with Crippen molar-refractivity contribution < 1.29 is 19.4 Å². The van der Waals surface area contributed by atoms with Crippen molar-refractivity contribution in [2.24, 2.45) is 0 Å². The second kappa shape index (κ2) is 11.0. The van der Waals surface area contributed by atoms with Crippen LogP contribution in [0.1, 0.15) is 58.2 Å². The van der Waals surface area contributed by atoms with Crippen LogP contribution in [0.4, 0.5) is 0 Å². The zero-order valence-corrected chi connectivity index (χ0v) is 21.8. The number of amides is 1. The summed E-state index contributed by atoms with van der Waals surface area (Å²) in [7, 11) is 3.38. The summed E-state index contributed by atoms with van der Waals surface area (Å²) in [5, 5.41) is 15.0. The first kappa shape index (κ1) is 25.4. The predicted octanol–water partition coefficient (Wildman–Crippen LogP) is 4.70. The molecule has 2 aromatic heterocycles. The second-order valence-electron chi connectivity index (χ2n) is 9.96. The van der Waals surface area contributed by atoms with Crippen LogP contribution in [0.2, 0.25) is 0 Å². The summed E-state index contributed by atoms with van der Waals surface area (Å²) >= 11 is 0. The normalized spacial score (nSPS) is 13.6. The zero-order chi connectivity index (χ0) is 26.6. The van der Waals surface area contributed by atoms with Gasteiger partial charge in [0.1, 0.15) is 5.75 Å². The number of carbonyl (C=O) groups excluding carboxylic acids is 1. The van der Waals surface area contributed by atoms with E-state index >= 15 is 0 Å². The average molecular weight is 513 g/mol. The van der Waals surface area contributed by atoms with Crippen molar-refractivity contribution in [2.45, 2.75) is 44.6 Å². The number of carboxylic acid groups (broad SMARTS) is 1. The van der Waals surface area contributed by atoms with Crippen molar-refractivity contribution in [3.05, 3.63) is 88.9 Å². The number of aromatic nitrogens is 3. The molecule has 0 aliphatic heterocycles. The number of carbonyl (C=O) groups is 2. The number of benzene rings is 2. The molecule has 196 valence electrons. The van der Waals surface area contributed by atoms with Crippen molar-refractivity contribution in [1.82, 2.24) is 19.7 Å². The van der Waals surface area contributed by atoms with E-state index in [4.69, 9.17) is 9.72 Å². The van der Waals surface area contributed by atoms with E-state index in [-0.39, 0.29) is 12.3 Å². The molecule has 0 radical (unpaired) electrons. The summed E-state index contributed by atoms with van der Waals surface area (Å²) in [5.41, 5.74) is 5.66. The minimum Gasteiger partial charge on any atom is -0.493 e. The van der Waals surface area contributed by atoms with Crippen LogP contribution in [0, 0.1) is 0 Å². The van der Waals surface area contributed by atoms with Gasteiger partial charge in [-0.2, -0.15) is 5.10 Å². The van der Waals surface area contributed by atoms with E-state index in [0.29, 0.717) is 17.7 Å². The van der Waals surface area contributed by atoms with Gasteiger partial charge in [0, 0.05) is 42.9 Å². The molecule has 0 fully saturated rings. The van der Waals surface area contributed by atoms with E-state index in [1.165, 1.54) is 29.0 Å². The number of nitrogens with zero attached hydrogens (tertiary/aromatic N) is 4. The Bertz CT molecular complexity index is 1480. The van der Waals surface area contributed by atoms with Gasteiger partial charge in [0.2, 0.25) is 0 Å². The Labute approximate surface area is 221 Å². The average Bonchev–Trinajstić information content (AvgIpc) is 3.34. The molecule has 0 saturated carbocycles. The fourth-order valence-corrected chi connectivity index (χ4v) is 5.06. The molecule has 1 atom stereocenters. The van der Waals surface area contributed by atoms with Crippen LogP contribution >= 0.6 is 0 Å². The fourth-order valence-electron chi connectivity index (χ4n) is 5.06. The molecule has 0 spiro atoms. The fraction of sp³-hybridized carbons (Fsp3) is 0.333. The van der Waals surface area contributed by atoms with Gasteiger partial charge in [-0.1, -0.05) is 18.2 Å². The Morgan fingerprint density at radius 3 is 2.74 bits per heavy atom. The lowest BCUT2D eigenvalue weighted by molar-refractivity contribution is -0.137. The summed E-state index contributed by atoms with van der Waals surface area (Å²) in [4.78, 5) is 30.6. The van der Waals surface area contributed by atoms with Crippen molar-refractivity contribution in [2.75, 3.05) is 20.7 Å². The van der Waals surface area contributed by atoms with Gasteiger partial charge in [0.05, 0.1) is 30.8 Å². The summed E-state index contributed by atoms with van der Waals surface area (Å²) in [5.74, 6) is -0.360. The Kier molecular flexibility index (Phi) is 7.40. The van der Waals surface area contributed by atoms with Gasteiger partial charge in [-0.25, -0.2) is 0 Å². The molecule has 0 bridgehead atoms. The Morgan fingerprint density at radius 2 is 1.92 bits per heavy atom. The highest BCUT2D eigenvalue weighted by Crippen LogP contribution is 2.29. The van der Waals surface area contributed by atoms with Gasteiger partial charge in [-0.3, -0.25) is 19.3 Å². The van der Waals surface area contributed by atoms with Gasteiger partial charge in [0.15, 0.2) is 0 Å². The van der Waals surface area contributed by atoms with Crippen molar-refractivity contribution in [3.63, 3.8) is 0 Å². The van der Waals surface area contributed by atoms with E-state index in [9.17, 15) is 14.7 Å². The van der Waals surface area contributed by atoms with Crippen molar-refractivity contribution in [1.29, 1.82) is 0 Å². The molecule has 1 N–H and O–H groups in total. The maximum absolute atomic E-state index is 12.5. The molecule has 0 saturated heterocycles. The summed E-state index contributed by atoms with van der Waals surface area (Å²) in [6, 6.07) is 16.5. The van der Waals surface area contributed by atoms with Crippen molar-refractivity contribution in [3.8, 4) is 5.75 Å². The molecule has 1 aliphatic rings. The zero-order valence-electron chi connectivity index (χ0n) is 21.8. The summed E-state index contributed by atoms with van der Waals surface area (Å²) < 4.78 is 7.74. The molecule has 8 heteroatoms. The molecule has 4 aromatic rings. The topological polar surface area (TPSA) is 97.6 Å². The number of rotatable bonds is 9. The molecule has 1 unspecified atom stereocenters. The van der Waals surface area contributed by atoms with Crippen LogP contribution in [0.3, 0.4) is 0 Å². The first-order valence-corrected chi connectivity index (χ1v) is 13.0. The Morgan fingerprint density at radius 1 is 1.08 bits per heavy atom. The molecule has 1 amide bonds. The smallest absolute Gasteiger partial charge is 0.305 e. The van der Waals surface area contributed by atoms with E-state index < -0.39 is 12.0 Å². The monoisotopic (exact) mass is 512 g/mol. The third kappa shape index (κ3) is 5.54. The molecular formula is C30H32N4O4. The number of pyridine rings is 1. The van der Waals surface area contributed by atoms with Crippen LogP contribution in [0.5, 0.6) is 5.75 Å². The minimum atomic E-state index is -0.946. The van der Waals surface area contributed by atoms with Crippen molar-refractivity contribution >= 4 is 22.8 Å². The van der Waals surface area contributed by atoms with Crippen LogP contribution in [-0.2, 0) is 24.1 Å². The van der Waals surface area contributed by atoms with E-state index in [0.717, 1.165) is 41.6 Å². The lowest BCUT2D eigenvalue weighted by Crippen LogP contribution is -2.22. The van der Waals surface area contributed by atoms with E-state index in [2.05, 4.69) is 17.2 Å². The van der Waals surface area contributed by atoms with Gasteiger partial charge >= 0.3 is 5.97 Å². The van der Waals surface area contributed by atoms with E-state index in [1.54, 1.807) is 43.2 Å². The maximum Gasteiger partial charge on any atom is 0.305 e. The van der Waals surface area contributed by atoms with Gasteiger partial charge < -0.3 is 14.7 Å². The van der Waals surface area contributed by atoms with Crippen LogP contribution in [0.25, 0.3) is 10.9 Å². The lowest BCUT2D eigenvalue weighted by Gasteiger charge is -2.19.